The minimum absolute atomic E-state index is 0.0741. The van der Waals surface area contributed by atoms with Crippen molar-refractivity contribution in [2.75, 3.05) is 24.8 Å². The molecule has 3 aromatic rings. The summed E-state index contributed by atoms with van der Waals surface area (Å²) in [5, 5.41) is 11.4. The van der Waals surface area contributed by atoms with Gasteiger partial charge >= 0.3 is 0 Å². The lowest BCUT2D eigenvalue weighted by atomic mass is 9.98. The van der Waals surface area contributed by atoms with Crippen molar-refractivity contribution in [1.29, 1.82) is 0 Å². The average molecular weight is 569 g/mol. The lowest BCUT2D eigenvalue weighted by molar-refractivity contribution is 0.102. The topological polar surface area (TPSA) is 86.2 Å². The second-order valence-corrected chi connectivity index (χ2v) is 17.1. The minimum Gasteiger partial charge on any atom is -0.496 e. The van der Waals surface area contributed by atoms with Gasteiger partial charge in [-0.05, 0) is 43.3 Å². The predicted molar refractivity (Wildman–Crippen MR) is 148 cm³/mol. The van der Waals surface area contributed by atoms with Crippen molar-refractivity contribution >= 4 is 54.1 Å². The van der Waals surface area contributed by atoms with Gasteiger partial charge in [-0.15, -0.1) is 10.2 Å². The number of nitrogens with zero attached hydrogens (tertiary/aromatic N) is 3. The summed E-state index contributed by atoms with van der Waals surface area (Å²) in [5.41, 5.74) is 1.18. The molecule has 2 heterocycles. The summed E-state index contributed by atoms with van der Waals surface area (Å²) in [6, 6.07) is 4.59. The second kappa shape index (κ2) is 11.6. The number of thioether (sulfide) groups is 1. The summed E-state index contributed by atoms with van der Waals surface area (Å²) in [4.78, 5) is 17.4. The first-order chi connectivity index (χ1) is 16.8. The summed E-state index contributed by atoms with van der Waals surface area (Å²) in [6.45, 7) is 13.4. The number of anilines is 1. The third kappa shape index (κ3) is 6.63. The Morgan fingerprint density at radius 3 is 2.67 bits per heavy atom. The number of halogens is 2. The molecular formula is C24H30ClFN4O3S2Si. The monoisotopic (exact) mass is 568 g/mol. The molecule has 0 radical (unpaired) electrons. The van der Waals surface area contributed by atoms with Crippen LogP contribution < -0.4 is 10.1 Å². The van der Waals surface area contributed by atoms with Gasteiger partial charge in [-0.2, -0.15) is 0 Å². The molecule has 7 nitrogen and oxygen atoms in total. The number of carbonyl (C=O) groups excluding carboxylic acids is 1. The molecule has 0 saturated heterocycles. The van der Waals surface area contributed by atoms with E-state index in [1.165, 1.54) is 42.5 Å². The fourth-order valence-electron chi connectivity index (χ4n) is 3.03. The first-order valence-corrected chi connectivity index (χ1v) is 16.3. The fraction of sp³-hybridized carbons (Fsp3) is 0.417. The highest BCUT2D eigenvalue weighted by Crippen LogP contribution is 2.39. The number of carbonyl (C=O) groups is 1. The molecule has 1 amide bonds. The van der Waals surface area contributed by atoms with Crippen LogP contribution in [0.5, 0.6) is 5.75 Å². The number of aryl methyl sites for hydroxylation is 1. The van der Waals surface area contributed by atoms with Gasteiger partial charge in [-0.3, -0.25) is 15.1 Å². The Morgan fingerprint density at radius 1 is 1.28 bits per heavy atom. The highest BCUT2D eigenvalue weighted by molar-refractivity contribution is 8.01. The normalized spacial score (nSPS) is 12.0. The Kier molecular flexibility index (Phi) is 9.15. The van der Waals surface area contributed by atoms with E-state index in [4.69, 9.17) is 20.8 Å². The Hall–Kier alpha value is -2.05. The lowest BCUT2D eigenvalue weighted by Crippen LogP contribution is -2.41. The van der Waals surface area contributed by atoms with Crippen LogP contribution in [0.3, 0.4) is 0 Å². The van der Waals surface area contributed by atoms with Gasteiger partial charge in [-0.1, -0.05) is 55.5 Å². The molecule has 1 N–H and O–H groups in total. The van der Waals surface area contributed by atoms with Crippen LogP contribution in [0.15, 0.2) is 28.7 Å². The van der Waals surface area contributed by atoms with E-state index >= 15 is 4.39 Å². The largest absolute Gasteiger partial charge is 0.496 e. The Labute approximate surface area is 225 Å². The van der Waals surface area contributed by atoms with E-state index in [0.717, 1.165) is 5.75 Å². The maximum atomic E-state index is 15.0. The Morgan fingerprint density at radius 2 is 2.00 bits per heavy atom. The Bertz CT molecular complexity index is 1250. The number of benzene rings is 1. The molecule has 0 saturated carbocycles. The number of aromatic nitrogens is 3. The molecule has 36 heavy (non-hydrogen) atoms. The van der Waals surface area contributed by atoms with Crippen LogP contribution in [0.4, 0.5) is 9.52 Å². The number of amides is 1. The molecule has 12 heteroatoms. The van der Waals surface area contributed by atoms with E-state index in [-0.39, 0.29) is 26.9 Å². The molecule has 0 aliphatic rings. The highest BCUT2D eigenvalue weighted by Gasteiger charge is 2.36. The van der Waals surface area contributed by atoms with E-state index in [1.54, 1.807) is 19.1 Å². The van der Waals surface area contributed by atoms with Crippen molar-refractivity contribution in [3.63, 3.8) is 0 Å². The maximum absolute atomic E-state index is 15.0. The fourth-order valence-corrected chi connectivity index (χ4v) is 6.01. The molecule has 2 aromatic heterocycles. The number of hydrogen-bond donors (Lipinski definition) is 1. The quantitative estimate of drug-likeness (QED) is 0.128. The zero-order chi connectivity index (χ0) is 26.7. The van der Waals surface area contributed by atoms with Crippen LogP contribution in [0.2, 0.25) is 23.2 Å². The standard InChI is InChI=1S/C24H30ClFN4O3S2Si/c1-14-12-15(19-18(32-5)9-8-17(25)20(19)26)16(13-27-14)21(31)28-22-29-30-23(35-22)34-11-10-33-36(6,7)24(2,3)4/h8-9,12-13H,10-11H2,1-7H3,(H,28,29,31). The van der Waals surface area contributed by atoms with Gasteiger partial charge in [0.05, 0.1) is 23.3 Å². The molecule has 0 unspecified atom stereocenters. The summed E-state index contributed by atoms with van der Waals surface area (Å²) < 4.78 is 27.3. The van der Waals surface area contributed by atoms with E-state index in [0.29, 0.717) is 27.3 Å². The molecule has 0 aliphatic carbocycles. The van der Waals surface area contributed by atoms with Crippen LogP contribution in [0.25, 0.3) is 11.1 Å². The van der Waals surface area contributed by atoms with E-state index < -0.39 is 20.0 Å². The van der Waals surface area contributed by atoms with Crippen molar-refractivity contribution < 1.29 is 18.3 Å². The van der Waals surface area contributed by atoms with Crippen LogP contribution in [-0.2, 0) is 4.43 Å². The van der Waals surface area contributed by atoms with E-state index in [9.17, 15) is 4.79 Å². The first-order valence-electron chi connectivity index (χ1n) is 11.2. The van der Waals surface area contributed by atoms with Gasteiger partial charge in [0.1, 0.15) is 5.75 Å². The third-order valence-corrected chi connectivity index (χ3v) is 12.8. The van der Waals surface area contributed by atoms with Gasteiger partial charge in [0.15, 0.2) is 18.5 Å². The predicted octanol–water partition coefficient (Wildman–Crippen LogP) is 7.08. The molecule has 0 atom stereocenters. The van der Waals surface area contributed by atoms with Crippen molar-refractivity contribution in [2.24, 2.45) is 0 Å². The number of rotatable bonds is 9. The summed E-state index contributed by atoms with van der Waals surface area (Å²) in [5.74, 6) is -0.182. The van der Waals surface area contributed by atoms with Crippen molar-refractivity contribution in [1.82, 2.24) is 15.2 Å². The smallest absolute Gasteiger partial charge is 0.259 e. The van der Waals surface area contributed by atoms with Crippen LogP contribution >= 0.6 is 34.7 Å². The Balaban J connectivity index is 1.74. The average Bonchev–Trinajstić information content (AvgIpc) is 3.24. The van der Waals surface area contributed by atoms with Crippen LogP contribution in [-0.4, -0.2) is 48.9 Å². The molecule has 0 bridgehead atoms. The van der Waals surface area contributed by atoms with Crippen LogP contribution in [0, 0.1) is 12.7 Å². The van der Waals surface area contributed by atoms with Crippen molar-refractivity contribution in [3.05, 3.63) is 46.5 Å². The third-order valence-electron chi connectivity index (χ3n) is 6.04. The maximum Gasteiger partial charge on any atom is 0.259 e. The molecule has 3 rings (SSSR count). The SMILES string of the molecule is COc1ccc(Cl)c(F)c1-c1cc(C)ncc1C(=O)Nc1nnc(SCCO[Si](C)(C)C(C)(C)C)s1. The summed E-state index contributed by atoms with van der Waals surface area (Å²) in [6.07, 6.45) is 1.40. The molecule has 0 spiro atoms. The van der Waals surface area contributed by atoms with Gasteiger partial charge in [-0.25, -0.2) is 4.39 Å². The number of pyridine rings is 1. The van der Waals surface area contributed by atoms with Crippen LogP contribution in [0.1, 0.15) is 36.8 Å². The van der Waals surface area contributed by atoms with Crippen molar-refractivity contribution in [2.45, 2.75) is 50.2 Å². The summed E-state index contributed by atoms with van der Waals surface area (Å²) in [7, 11) is -0.374. The highest BCUT2D eigenvalue weighted by atomic mass is 35.5. The summed E-state index contributed by atoms with van der Waals surface area (Å²) >= 11 is 8.81. The molecular weight excluding hydrogens is 539 g/mol. The van der Waals surface area contributed by atoms with Gasteiger partial charge < -0.3 is 9.16 Å². The number of methoxy groups -OCH3 is 1. The van der Waals surface area contributed by atoms with Gasteiger partial charge in [0.2, 0.25) is 5.13 Å². The van der Waals surface area contributed by atoms with Gasteiger partial charge in [0, 0.05) is 29.8 Å². The first kappa shape index (κ1) is 28.5. The van der Waals surface area contributed by atoms with E-state index in [1.807, 2.05) is 0 Å². The lowest BCUT2D eigenvalue weighted by Gasteiger charge is -2.36. The van der Waals surface area contributed by atoms with E-state index in [2.05, 4.69) is 54.4 Å². The van der Waals surface area contributed by atoms with Gasteiger partial charge in [0.25, 0.3) is 5.91 Å². The zero-order valence-corrected chi connectivity index (χ0v) is 24.8. The number of ether oxygens (including phenoxy) is 1. The molecule has 0 aliphatic heterocycles. The number of hydrogen-bond acceptors (Lipinski definition) is 8. The molecule has 0 fully saturated rings. The molecule has 194 valence electrons. The number of nitrogens with one attached hydrogen (secondary N) is 1. The molecule has 1 aromatic carbocycles. The zero-order valence-electron chi connectivity index (χ0n) is 21.4. The second-order valence-electron chi connectivity index (χ2n) is 9.59. The van der Waals surface area contributed by atoms with Crippen molar-refractivity contribution in [3.8, 4) is 16.9 Å². The minimum atomic E-state index is -1.80.